The standard InChI is InChI=1S/C26H18ClF3N4O5/c1-14-5-8-18(13-20(14)34(38)39)31-21(35)11-15-6-9-17(10-7-15)32-23-22(27)24(36)33(25(23)37)19-4-2-3-16(12-19)26(28,29)30/h2-10,12-13,32H,11H2,1H3,(H,31,35). The van der Waals surface area contributed by atoms with Crippen molar-refractivity contribution in [1.82, 2.24) is 0 Å². The fourth-order valence-electron chi connectivity index (χ4n) is 3.79. The molecule has 0 radical (unpaired) electrons. The summed E-state index contributed by atoms with van der Waals surface area (Å²) in [6.45, 7) is 1.58. The van der Waals surface area contributed by atoms with Crippen LogP contribution in [0.1, 0.15) is 16.7 Å². The number of benzene rings is 3. The average molecular weight is 559 g/mol. The second-order valence-corrected chi connectivity index (χ2v) is 8.87. The minimum absolute atomic E-state index is 0.0633. The molecule has 3 amide bonds. The van der Waals surface area contributed by atoms with Gasteiger partial charge in [-0.15, -0.1) is 0 Å². The first kappa shape index (κ1) is 27.3. The van der Waals surface area contributed by atoms with Crippen molar-refractivity contribution in [2.75, 3.05) is 15.5 Å². The van der Waals surface area contributed by atoms with E-state index in [0.29, 0.717) is 27.8 Å². The fraction of sp³-hybridized carbons (Fsp3) is 0.115. The first-order chi connectivity index (χ1) is 18.3. The summed E-state index contributed by atoms with van der Waals surface area (Å²) < 4.78 is 39.3. The molecule has 0 aromatic heterocycles. The molecule has 1 aliphatic heterocycles. The van der Waals surface area contributed by atoms with Crippen molar-refractivity contribution >= 4 is 52.1 Å². The van der Waals surface area contributed by atoms with E-state index in [9.17, 15) is 37.7 Å². The molecule has 0 unspecified atom stereocenters. The Morgan fingerprint density at radius 1 is 1.00 bits per heavy atom. The van der Waals surface area contributed by atoms with Crippen LogP contribution in [-0.4, -0.2) is 22.6 Å². The van der Waals surface area contributed by atoms with Gasteiger partial charge in [-0.1, -0.05) is 35.9 Å². The monoisotopic (exact) mass is 558 g/mol. The second kappa shape index (κ2) is 10.6. The summed E-state index contributed by atoms with van der Waals surface area (Å²) in [4.78, 5) is 49.0. The van der Waals surface area contributed by atoms with Crippen molar-refractivity contribution in [3.8, 4) is 0 Å². The molecule has 13 heteroatoms. The van der Waals surface area contributed by atoms with E-state index in [0.717, 1.165) is 12.1 Å². The number of halogens is 4. The van der Waals surface area contributed by atoms with Crippen LogP contribution in [0, 0.1) is 17.0 Å². The smallest absolute Gasteiger partial charge is 0.350 e. The van der Waals surface area contributed by atoms with E-state index in [4.69, 9.17) is 11.6 Å². The predicted octanol–water partition coefficient (Wildman–Crippen LogP) is 5.54. The molecule has 2 N–H and O–H groups in total. The van der Waals surface area contributed by atoms with E-state index in [-0.39, 0.29) is 29.2 Å². The molecule has 9 nitrogen and oxygen atoms in total. The summed E-state index contributed by atoms with van der Waals surface area (Å²) in [5.74, 6) is -2.33. The molecule has 0 spiro atoms. The van der Waals surface area contributed by atoms with Gasteiger partial charge in [0, 0.05) is 23.0 Å². The third-order valence-corrected chi connectivity index (χ3v) is 6.09. The molecule has 0 atom stereocenters. The molecule has 0 aliphatic carbocycles. The van der Waals surface area contributed by atoms with Gasteiger partial charge in [0.1, 0.15) is 10.7 Å². The highest BCUT2D eigenvalue weighted by Gasteiger charge is 2.40. The Hall–Kier alpha value is -4.71. The highest BCUT2D eigenvalue weighted by Crippen LogP contribution is 2.35. The van der Waals surface area contributed by atoms with Crippen LogP contribution in [-0.2, 0) is 27.0 Å². The van der Waals surface area contributed by atoms with Gasteiger partial charge in [0.15, 0.2) is 0 Å². The molecule has 1 aliphatic rings. The Bertz CT molecular complexity index is 1540. The van der Waals surface area contributed by atoms with Crippen molar-refractivity contribution in [2.24, 2.45) is 0 Å². The van der Waals surface area contributed by atoms with Gasteiger partial charge >= 0.3 is 6.18 Å². The Morgan fingerprint density at radius 3 is 2.31 bits per heavy atom. The zero-order valence-electron chi connectivity index (χ0n) is 20.0. The highest BCUT2D eigenvalue weighted by molar-refractivity contribution is 6.53. The molecule has 0 saturated heterocycles. The zero-order valence-corrected chi connectivity index (χ0v) is 20.8. The van der Waals surface area contributed by atoms with Gasteiger partial charge in [-0.05, 0) is 48.9 Å². The number of nitrogens with zero attached hydrogens (tertiary/aromatic N) is 2. The number of hydrogen-bond acceptors (Lipinski definition) is 6. The third kappa shape index (κ3) is 5.91. The lowest BCUT2D eigenvalue weighted by Crippen LogP contribution is -2.32. The largest absolute Gasteiger partial charge is 0.416 e. The number of hydrogen-bond donors (Lipinski definition) is 2. The third-order valence-electron chi connectivity index (χ3n) is 5.74. The number of nitro benzene ring substituents is 1. The number of nitrogens with one attached hydrogen (secondary N) is 2. The molecule has 200 valence electrons. The van der Waals surface area contributed by atoms with E-state index in [1.54, 1.807) is 25.1 Å². The van der Waals surface area contributed by atoms with Crippen LogP contribution in [0.3, 0.4) is 0 Å². The zero-order chi connectivity index (χ0) is 28.5. The number of carbonyl (C=O) groups excluding carboxylic acids is 3. The minimum atomic E-state index is -4.67. The van der Waals surface area contributed by atoms with Crippen LogP contribution in [0.2, 0.25) is 0 Å². The first-order valence-electron chi connectivity index (χ1n) is 11.2. The highest BCUT2D eigenvalue weighted by atomic mass is 35.5. The summed E-state index contributed by atoms with van der Waals surface area (Å²) in [5, 5.41) is 15.9. The van der Waals surface area contributed by atoms with Crippen LogP contribution in [0.15, 0.2) is 77.5 Å². The Kier molecular flexibility index (Phi) is 7.41. The van der Waals surface area contributed by atoms with E-state index in [1.807, 2.05) is 0 Å². The number of imide groups is 1. The van der Waals surface area contributed by atoms with Gasteiger partial charge in [-0.25, -0.2) is 4.90 Å². The quantitative estimate of drug-likeness (QED) is 0.223. The Labute approximate surface area is 224 Å². The lowest BCUT2D eigenvalue weighted by atomic mass is 10.1. The molecule has 0 fully saturated rings. The lowest BCUT2D eigenvalue weighted by molar-refractivity contribution is -0.385. The summed E-state index contributed by atoms with van der Waals surface area (Å²) >= 11 is 6.05. The molecule has 3 aromatic rings. The molecule has 3 aromatic carbocycles. The number of alkyl halides is 3. The number of aryl methyl sites for hydroxylation is 1. The normalized spacial score (nSPS) is 13.6. The SMILES string of the molecule is Cc1ccc(NC(=O)Cc2ccc(NC3=C(Cl)C(=O)N(c4cccc(C(F)(F)F)c4)C3=O)cc2)cc1[N+](=O)[O-]. The molecule has 39 heavy (non-hydrogen) atoms. The molecule has 0 saturated carbocycles. The van der Waals surface area contributed by atoms with Gasteiger partial charge in [0.25, 0.3) is 17.5 Å². The Morgan fingerprint density at radius 2 is 1.67 bits per heavy atom. The summed E-state index contributed by atoms with van der Waals surface area (Å²) in [6.07, 6.45) is -4.73. The maximum absolute atomic E-state index is 13.1. The number of carbonyl (C=O) groups is 3. The van der Waals surface area contributed by atoms with E-state index in [2.05, 4.69) is 10.6 Å². The van der Waals surface area contributed by atoms with Crippen molar-refractivity contribution in [2.45, 2.75) is 19.5 Å². The Balaban J connectivity index is 1.43. The summed E-state index contributed by atoms with van der Waals surface area (Å²) in [7, 11) is 0. The minimum Gasteiger partial charge on any atom is -0.350 e. The lowest BCUT2D eigenvalue weighted by Gasteiger charge is -2.17. The average Bonchev–Trinajstić information content (AvgIpc) is 3.08. The van der Waals surface area contributed by atoms with Gasteiger partial charge in [0.05, 0.1) is 22.6 Å². The topological polar surface area (TPSA) is 122 Å². The van der Waals surface area contributed by atoms with Crippen LogP contribution in [0.25, 0.3) is 0 Å². The van der Waals surface area contributed by atoms with E-state index in [1.165, 1.54) is 30.3 Å². The maximum atomic E-state index is 13.1. The first-order valence-corrected chi connectivity index (χ1v) is 11.6. The van der Waals surface area contributed by atoms with E-state index < -0.39 is 39.4 Å². The van der Waals surface area contributed by atoms with Gasteiger partial charge in [0.2, 0.25) is 5.91 Å². The number of amides is 3. The van der Waals surface area contributed by atoms with Gasteiger partial charge in [-0.3, -0.25) is 24.5 Å². The molecule has 4 rings (SSSR count). The van der Waals surface area contributed by atoms with Crippen LogP contribution in [0.5, 0.6) is 0 Å². The maximum Gasteiger partial charge on any atom is 0.416 e. The van der Waals surface area contributed by atoms with Crippen molar-refractivity contribution in [1.29, 1.82) is 0 Å². The molecular weight excluding hydrogens is 541 g/mol. The van der Waals surface area contributed by atoms with Gasteiger partial charge in [-0.2, -0.15) is 13.2 Å². The second-order valence-electron chi connectivity index (χ2n) is 8.49. The predicted molar refractivity (Wildman–Crippen MR) is 137 cm³/mol. The fourth-order valence-corrected chi connectivity index (χ4v) is 4.00. The number of rotatable bonds is 7. The van der Waals surface area contributed by atoms with Crippen molar-refractivity contribution < 1.29 is 32.5 Å². The van der Waals surface area contributed by atoms with Crippen molar-refractivity contribution in [3.05, 3.63) is 104 Å². The number of nitro groups is 1. The molecule has 1 heterocycles. The van der Waals surface area contributed by atoms with Crippen LogP contribution in [0.4, 0.5) is 35.9 Å². The van der Waals surface area contributed by atoms with Crippen LogP contribution < -0.4 is 15.5 Å². The van der Waals surface area contributed by atoms with Crippen molar-refractivity contribution in [3.63, 3.8) is 0 Å². The molecular formula is C26H18ClF3N4O5. The molecule has 0 bridgehead atoms. The summed E-state index contributed by atoms with van der Waals surface area (Å²) in [5.41, 5.74) is -0.127. The van der Waals surface area contributed by atoms with Crippen LogP contribution >= 0.6 is 11.6 Å². The van der Waals surface area contributed by atoms with E-state index >= 15 is 0 Å². The van der Waals surface area contributed by atoms with Gasteiger partial charge < -0.3 is 10.6 Å². The summed E-state index contributed by atoms with van der Waals surface area (Å²) in [6, 6.07) is 14.3. The number of anilines is 3.